The van der Waals surface area contributed by atoms with Crippen LogP contribution >= 0.6 is 0 Å². The molecule has 26 heavy (non-hydrogen) atoms. The van der Waals surface area contributed by atoms with Crippen LogP contribution in [0.15, 0.2) is 41.3 Å². The number of hydrogen-bond acceptors (Lipinski definition) is 7. The van der Waals surface area contributed by atoms with Crippen molar-refractivity contribution in [3.8, 4) is 5.75 Å². The molecule has 0 saturated carbocycles. The van der Waals surface area contributed by atoms with Crippen LogP contribution in [-0.4, -0.2) is 38.1 Å². The lowest BCUT2D eigenvalue weighted by Crippen LogP contribution is -2.28. The summed E-state index contributed by atoms with van der Waals surface area (Å²) in [4.78, 5) is 11.4. The molecule has 0 aliphatic carbocycles. The smallest absolute Gasteiger partial charge is 0.491 e. The summed E-state index contributed by atoms with van der Waals surface area (Å²) in [5.74, 6) is -1.11. The fourth-order valence-corrected chi connectivity index (χ4v) is 4.23. The Morgan fingerprint density at radius 2 is 2.04 bits per heavy atom. The van der Waals surface area contributed by atoms with Gasteiger partial charge in [0.2, 0.25) is 5.91 Å². The second-order valence-electron chi connectivity index (χ2n) is 5.89. The van der Waals surface area contributed by atoms with Gasteiger partial charge in [0.25, 0.3) is 0 Å². The molecule has 2 aromatic carbocycles. The highest BCUT2D eigenvalue weighted by molar-refractivity contribution is 7.90. The first-order valence-corrected chi connectivity index (χ1v) is 9.42. The Hall–Kier alpha value is -2.40. The highest BCUT2D eigenvalue weighted by atomic mass is 32.2. The maximum Gasteiger partial charge on any atom is 0.491 e. The van der Waals surface area contributed by atoms with E-state index in [-0.39, 0.29) is 35.2 Å². The summed E-state index contributed by atoms with van der Waals surface area (Å²) < 4.78 is 30.8. The van der Waals surface area contributed by atoms with Gasteiger partial charge in [-0.25, -0.2) is 8.42 Å². The van der Waals surface area contributed by atoms with E-state index in [1.165, 1.54) is 12.1 Å². The van der Waals surface area contributed by atoms with Crippen molar-refractivity contribution in [3.63, 3.8) is 0 Å². The van der Waals surface area contributed by atoms with Gasteiger partial charge < -0.3 is 25.8 Å². The molecule has 8 nitrogen and oxygen atoms in total. The molecule has 0 aromatic heterocycles. The van der Waals surface area contributed by atoms with E-state index < -0.39 is 22.9 Å². The first-order valence-electron chi connectivity index (χ1n) is 7.77. The number of phenols is 1. The van der Waals surface area contributed by atoms with E-state index in [4.69, 9.17) is 10.4 Å². The number of nitrogens with two attached hydrogens (primary N) is 1. The number of sulfone groups is 1. The zero-order chi connectivity index (χ0) is 18.9. The first-order chi connectivity index (χ1) is 12.3. The van der Waals surface area contributed by atoms with Crippen LogP contribution < -0.4 is 16.5 Å². The molecule has 0 atom stereocenters. The molecule has 1 heterocycles. The van der Waals surface area contributed by atoms with E-state index in [9.17, 15) is 23.3 Å². The standard InChI is InChI=1S/C16H17BN2O6S/c18-7-16(21)19-14-6-12(20)3-4-15(14)26(23,24)9-10-1-2-11-8-25-17(22)13(11)5-10/h1-6,20,22H,7-9,18H2,(H,19,21). The number of rotatable bonds is 5. The number of anilines is 1. The fourth-order valence-electron chi connectivity index (χ4n) is 2.74. The Balaban J connectivity index is 1.94. The van der Waals surface area contributed by atoms with Crippen LogP contribution in [0.25, 0.3) is 0 Å². The molecule has 10 heteroatoms. The Bertz CT molecular complexity index is 963. The number of hydrogen-bond donors (Lipinski definition) is 4. The number of amides is 1. The van der Waals surface area contributed by atoms with Crippen molar-refractivity contribution < 1.29 is 28.0 Å². The van der Waals surface area contributed by atoms with Crippen molar-refractivity contribution in [1.29, 1.82) is 0 Å². The summed E-state index contributed by atoms with van der Waals surface area (Å²) in [6.45, 7) is -0.0470. The van der Waals surface area contributed by atoms with Crippen LogP contribution in [0.5, 0.6) is 5.75 Å². The zero-order valence-corrected chi connectivity index (χ0v) is 14.5. The predicted octanol–water partition coefficient (Wildman–Crippen LogP) is -0.519. The van der Waals surface area contributed by atoms with Gasteiger partial charge >= 0.3 is 7.12 Å². The van der Waals surface area contributed by atoms with E-state index in [1.807, 2.05) is 0 Å². The number of aromatic hydroxyl groups is 1. The van der Waals surface area contributed by atoms with E-state index in [1.54, 1.807) is 18.2 Å². The molecule has 3 rings (SSSR count). The third-order valence-electron chi connectivity index (χ3n) is 3.99. The maximum atomic E-state index is 12.8. The monoisotopic (exact) mass is 376 g/mol. The first kappa shape index (κ1) is 18.4. The largest absolute Gasteiger partial charge is 0.508 e. The SMILES string of the molecule is NCC(=O)Nc1cc(O)ccc1S(=O)(=O)Cc1ccc2c(c1)B(O)OC2. The van der Waals surface area contributed by atoms with Crippen molar-refractivity contribution in [2.75, 3.05) is 11.9 Å². The summed E-state index contributed by atoms with van der Waals surface area (Å²) >= 11 is 0. The molecule has 0 spiro atoms. The third kappa shape index (κ3) is 3.73. The number of nitrogens with one attached hydrogen (secondary N) is 1. The van der Waals surface area contributed by atoms with Gasteiger partial charge in [-0.15, -0.1) is 0 Å². The Morgan fingerprint density at radius 3 is 2.77 bits per heavy atom. The second-order valence-corrected chi connectivity index (χ2v) is 7.85. The van der Waals surface area contributed by atoms with Gasteiger partial charge in [0.1, 0.15) is 5.75 Å². The molecule has 1 aliphatic rings. The Kier molecular flexibility index (Phi) is 5.01. The Morgan fingerprint density at radius 1 is 1.27 bits per heavy atom. The van der Waals surface area contributed by atoms with Crippen LogP contribution in [0.1, 0.15) is 11.1 Å². The molecular weight excluding hydrogens is 359 g/mol. The number of fused-ring (bicyclic) bond motifs is 1. The van der Waals surface area contributed by atoms with E-state index in [0.29, 0.717) is 11.0 Å². The van der Waals surface area contributed by atoms with Crippen LogP contribution in [0.3, 0.4) is 0 Å². The minimum absolute atomic E-state index is 0.0371. The van der Waals surface area contributed by atoms with Crippen LogP contribution in [0.4, 0.5) is 5.69 Å². The van der Waals surface area contributed by atoms with Crippen molar-refractivity contribution in [2.24, 2.45) is 5.73 Å². The number of benzene rings is 2. The van der Waals surface area contributed by atoms with Gasteiger partial charge in [0.05, 0.1) is 29.5 Å². The number of phenolic OH excluding ortho intramolecular Hbond substituents is 1. The second kappa shape index (κ2) is 7.08. The lowest BCUT2D eigenvalue weighted by Gasteiger charge is -2.12. The summed E-state index contributed by atoms with van der Waals surface area (Å²) in [7, 11) is -4.91. The molecule has 5 N–H and O–H groups in total. The topological polar surface area (TPSA) is 139 Å². The van der Waals surface area contributed by atoms with E-state index in [0.717, 1.165) is 11.6 Å². The molecule has 2 aromatic rings. The molecule has 1 aliphatic heterocycles. The van der Waals surface area contributed by atoms with Gasteiger partial charge in [-0.1, -0.05) is 18.2 Å². The van der Waals surface area contributed by atoms with E-state index >= 15 is 0 Å². The lowest BCUT2D eigenvalue weighted by atomic mass is 9.79. The number of carbonyl (C=O) groups excluding carboxylic acids is 1. The van der Waals surface area contributed by atoms with Gasteiger partial charge in [-0.05, 0) is 28.7 Å². The predicted molar refractivity (Wildman–Crippen MR) is 95.5 cm³/mol. The molecule has 0 saturated heterocycles. The number of carbonyl (C=O) groups is 1. The highest BCUT2D eigenvalue weighted by Gasteiger charge is 2.28. The van der Waals surface area contributed by atoms with Crippen LogP contribution in [-0.2, 0) is 31.6 Å². The average molecular weight is 376 g/mol. The van der Waals surface area contributed by atoms with Gasteiger partial charge in [-0.3, -0.25) is 4.79 Å². The average Bonchev–Trinajstić information content (AvgIpc) is 2.95. The Labute approximate surface area is 150 Å². The molecular formula is C16H17BN2O6S. The minimum atomic E-state index is -3.84. The van der Waals surface area contributed by atoms with Crippen molar-refractivity contribution >= 4 is 34.0 Å². The minimum Gasteiger partial charge on any atom is -0.508 e. The van der Waals surface area contributed by atoms with Gasteiger partial charge in [-0.2, -0.15) is 0 Å². The fraction of sp³-hybridized carbons (Fsp3) is 0.188. The summed E-state index contributed by atoms with van der Waals surface area (Å²) in [6.07, 6.45) is 0. The molecule has 136 valence electrons. The molecule has 0 radical (unpaired) electrons. The highest BCUT2D eigenvalue weighted by Crippen LogP contribution is 2.28. The maximum absolute atomic E-state index is 12.8. The zero-order valence-electron chi connectivity index (χ0n) is 13.7. The van der Waals surface area contributed by atoms with E-state index in [2.05, 4.69) is 5.32 Å². The van der Waals surface area contributed by atoms with Gasteiger partial charge in [0.15, 0.2) is 9.84 Å². The van der Waals surface area contributed by atoms with Crippen LogP contribution in [0, 0.1) is 0 Å². The summed E-state index contributed by atoms with van der Waals surface area (Å²) in [6, 6.07) is 8.55. The van der Waals surface area contributed by atoms with Gasteiger partial charge in [0, 0.05) is 6.07 Å². The molecule has 0 bridgehead atoms. The van der Waals surface area contributed by atoms with Crippen LogP contribution in [0.2, 0.25) is 0 Å². The summed E-state index contributed by atoms with van der Waals surface area (Å²) in [5.41, 5.74) is 7.03. The molecule has 1 amide bonds. The van der Waals surface area contributed by atoms with Crippen molar-refractivity contribution in [1.82, 2.24) is 0 Å². The van der Waals surface area contributed by atoms with Crippen molar-refractivity contribution in [3.05, 3.63) is 47.5 Å². The quantitative estimate of drug-likeness (QED) is 0.515. The lowest BCUT2D eigenvalue weighted by molar-refractivity contribution is -0.114. The van der Waals surface area contributed by atoms with Crippen molar-refractivity contribution in [2.45, 2.75) is 17.3 Å². The third-order valence-corrected chi connectivity index (χ3v) is 5.73. The normalized spacial score (nSPS) is 13.5. The summed E-state index contributed by atoms with van der Waals surface area (Å²) in [5, 5.41) is 21.7. The molecule has 0 unspecified atom stereocenters. The molecule has 0 fully saturated rings.